The molecule has 2 aromatic heterocycles. The Morgan fingerprint density at radius 2 is 1.00 bits per heavy atom. The van der Waals surface area contributed by atoms with Crippen LogP contribution in [0.5, 0.6) is 11.5 Å². The number of hydrogen-bond donors (Lipinski definition) is 2. The molecule has 6 saturated heterocycles. The zero-order chi connectivity index (χ0) is 43.7. The minimum Gasteiger partial charge on any atom is -0.497 e. The van der Waals surface area contributed by atoms with Gasteiger partial charge < -0.3 is 28.7 Å². The maximum atomic E-state index is 12.8. The third-order valence-electron chi connectivity index (χ3n) is 16.8. The van der Waals surface area contributed by atoms with Crippen molar-refractivity contribution in [3.8, 4) is 11.5 Å². The van der Waals surface area contributed by atoms with Crippen molar-refractivity contribution in [2.45, 2.75) is 63.1 Å². The van der Waals surface area contributed by atoms with Gasteiger partial charge in [0.05, 0.1) is 51.4 Å². The molecular weight excluding hydrogens is 793 g/mol. The van der Waals surface area contributed by atoms with Crippen molar-refractivity contribution in [3.63, 3.8) is 0 Å². The number of ether oxygens (including phenoxy) is 2. The van der Waals surface area contributed by atoms with Crippen molar-refractivity contribution in [2.75, 3.05) is 40.4 Å². The number of aliphatic hydroxyl groups is 2. The van der Waals surface area contributed by atoms with E-state index in [1.165, 1.54) is 32.7 Å². The Labute approximate surface area is 376 Å². The molecule has 64 heavy (non-hydrogen) atoms. The Kier molecular flexibility index (Phi) is 10.3. The van der Waals surface area contributed by atoms with E-state index >= 15 is 0 Å². The highest BCUT2D eigenvalue weighted by molar-refractivity contribution is 6.05. The fourth-order valence-corrected chi connectivity index (χ4v) is 13.5. The summed E-state index contributed by atoms with van der Waals surface area (Å²) in [5.74, 6) is 3.29. The Morgan fingerprint density at radius 3 is 1.38 bits per heavy atom. The van der Waals surface area contributed by atoms with Crippen LogP contribution in [-0.2, 0) is 13.1 Å². The summed E-state index contributed by atoms with van der Waals surface area (Å²) in [6.45, 7) is 14.3. The molecule has 0 radical (unpaired) electrons. The maximum absolute atomic E-state index is 12.8. The van der Waals surface area contributed by atoms with E-state index in [9.17, 15) is 10.2 Å². The van der Waals surface area contributed by atoms with E-state index in [-0.39, 0.29) is 12.1 Å². The van der Waals surface area contributed by atoms with Crippen LogP contribution in [0.4, 0.5) is 0 Å². The lowest BCUT2D eigenvalue weighted by molar-refractivity contribution is -0.984. The molecule has 6 aliphatic rings. The molecule has 10 atom stereocenters. The predicted molar refractivity (Wildman–Crippen MR) is 256 cm³/mol. The standard InChI is InChI=1S/C56H60N4O4/c1-5-35-31-59(25-21-37(35)27-53(59)55(61)45-19-23-57-51-17-15-39(63-3)29-47(45)51)33-49-41-11-7-9-13-43(41)50(44-14-10-8-12-42(44)49)34-60-26-22-38(36(6-2)32-60)28-54(60)56(62)46-20-24-58-52-18-16-40(64-4)30-48(46)52/h5-20,23-24,29-30,35-38,53-56,61-62H,1-2,21-22,25-28,31-34H2,3-4H3/q+2/t35-,36-,37-,38-,53-,54-,55+,56+,59-,60-/m0/s1. The van der Waals surface area contributed by atoms with E-state index in [0.717, 1.165) is 118 Å². The predicted octanol–water partition coefficient (Wildman–Crippen LogP) is 10.4. The first-order valence-electron chi connectivity index (χ1n) is 23.4. The molecule has 4 bridgehead atoms. The number of methoxy groups -OCH3 is 2. The lowest BCUT2D eigenvalue weighted by Crippen LogP contribution is -2.67. The fourth-order valence-electron chi connectivity index (χ4n) is 13.5. The van der Waals surface area contributed by atoms with E-state index in [0.29, 0.717) is 23.7 Å². The van der Waals surface area contributed by atoms with Crippen LogP contribution in [0.15, 0.2) is 135 Å². The van der Waals surface area contributed by atoms with Crippen LogP contribution in [0.25, 0.3) is 43.4 Å². The fraction of sp³-hybridized carbons (Fsp3) is 0.357. The summed E-state index contributed by atoms with van der Waals surface area (Å²) in [5.41, 5.74) is 6.28. The van der Waals surface area contributed by atoms with Crippen LogP contribution in [0, 0.1) is 23.7 Å². The topological polar surface area (TPSA) is 84.7 Å². The highest BCUT2D eigenvalue weighted by Gasteiger charge is 2.56. The van der Waals surface area contributed by atoms with Gasteiger partial charge in [0, 0.05) is 71.8 Å². The summed E-state index contributed by atoms with van der Waals surface area (Å²) < 4.78 is 12.9. The quantitative estimate of drug-likeness (QED) is 0.0724. The van der Waals surface area contributed by atoms with Gasteiger partial charge in [-0.2, -0.15) is 0 Å². The van der Waals surface area contributed by atoms with E-state index < -0.39 is 12.2 Å². The van der Waals surface area contributed by atoms with Gasteiger partial charge in [-0.05, 0) is 93.0 Å². The first kappa shape index (κ1) is 41.1. The van der Waals surface area contributed by atoms with Crippen LogP contribution in [0.2, 0.25) is 0 Å². The van der Waals surface area contributed by atoms with E-state index in [1.807, 2.05) is 60.9 Å². The van der Waals surface area contributed by atoms with E-state index in [1.54, 1.807) is 14.2 Å². The summed E-state index contributed by atoms with van der Waals surface area (Å²) in [6.07, 6.45) is 10.8. The van der Waals surface area contributed by atoms with Crippen LogP contribution in [-0.4, -0.2) is 81.6 Å². The lowest BCUT2D eigenvalue weighted by Gasteiger charge is -2.58. The van der Waals surface area contributed by atoms with Crippen molar-refractivity contribution in [1.29, 1.82) is 0 Å². The number of hydrogen-bond acceptors (Lipinski definition) is 6. The third-order valence-corrected chi connectivity index (χ3v) is 16.8. The molecule has 5 aromatic carbocycles. The van der Waals surface area contributed by atoms with Crippen molar-refractivity contribution in [1.82, 2.24) is 9.97 Å². The molecule has 0 amide bonds. The van der Waals surface area contributed by atoms with Crippen LogP contribution >= 0.6 is 0 Å². The first-order chi connectivity index (χ1) is 31.3. The Balaban J connectivity index is 1.03. The second kappa shape index (κ2) is 16.1. The van der Waals surface area contributed by atoms with Gasteiger partial charge in [0.25, 0.3) is 0 Å². The lowest BCUT2D eigenvalue weighted by atomic mass is 9.70. The molecule has 6 aliphatic heterocycles. The van der Waals surface area contributed by atoms with E-state index in [4.69, 9.17) is 9.47 Å². The van der Waals surface area contributed by atoms with Gasteiger partial charge in [0.1, 0.15) is 48.9 Å². The zero-order valence-corrected chi connectivity index (χ0v) is 37.2. The molecule has 8 nitrogen and oxygen atoms in total. The first-order valence-corrected chi connectivity index (χ1v) is 23.4. The molecule has 326 valence electrons. The zero-order valence-electron chi connectivity index (χ0n) is 37.2. The van der Waals surface area contributed by atoms with Crippen molar-refractivity contribution < 1.29 is 28.7 Å². The van der Waals surface area contributed by atoms with Gasteiger partial charge in [0.2, 0.25) is 0 Å². The van der Waals surface area contributed by atoms with Gasteiger partial charge in [-0.3, -0.25) is 9.97 Å². The Hall–Kier alpha value is -5.64. The Bertz CT molecular complexity index is 2700. The smallest absolute Gasteiger partial charge is 0.131 e. The minimum absolute atomic E-state index is 0.000695. The highest BCUT2D eigenvalue weighted by Crippen LogP contribution is 2.52. The molecule has 6 fully saturated rings. The number of aliphatic hydroxyl groups excluding tert-OH is 2. The summed E-state index contributed by atoms with van der Waals surface area (Å²) in [4.78, 5) is 9.36. The van der Waals surface area contributed by atoms with Crippen molar-refractivity contribution in [3.05, 3.63) is 157 Å². The summed E-state index contributed by atoms with van der Waals surface area (Å²) >= 11 is 0. The number of piperidine rings is 6. The molecule has 13 rings (SSSR count). The summed E-state index contributed by atoms with van der Waals surface area (Å²) in [7, 11) is 3.38. The van der Waals surface area contributed by atoms with Gasteiger partial charge in [0.15, 0.2) is 0 Å². The highest BCUT2D eigenvalue weighted by atomic mass is 16.5. The van der Waals surface area contributed by atoms with Gasteiger partial charge in [-0.25, -0.2) is 0 Å². The minimum atomic E-state index is -0.680. The molecule has 0 aliphatic carbocycles. The molecule has 7 aromatic rings. The average Bonchev–Trinajstić information content (AvgIpc) is 3.36. The summed E-state index contributed by atoms with van der Waals surface area (Å²) in [5, 5.41) is 32.6. The van der Waals surface area contributed by atoms with Gasteiger partial charge >= 0.3 is 0 Å². The number of nitrogens with zero attached hydrogens (tertiary/aromatic N) is 4. The Morgan fingerprint density at radius 1 is 0.594 bits per heavy atom. The maximum Gasteiger partial charge on any atom is 0.131 e. The molecule has 0 spiro atoms. The largest absolute Gasteiger partial charge is 0.497 e. The van der Waals surface area contributed by atoms with Crippen LogP contribution < -0.4 is 9.47 Å². The number of fused-ring (bicyclic) bond motifs is 10. The number of benzene rings is 5. The second-order valence-corrected chi connectivity index (χ2v) is 19.6. The van der Waals surface area contributed by atoms with Crippen molar-refractivity contribution in [2.24, 2.45) is 23.7 Å². The monoisotopic (exact) mass is 852 g/mol. The number of pyridine rings is 2. The number of rotatable bonds is 12. The molecule has 0 saturated carbocycles. The summed E-state index contributed by atoms with van der Waals surface area (Å²) in [6, 6.07) is 34.1. The SMILES string of the molecule is C=C[C@H]1C[N@+]2(Cc3c4ccccc4c(C[N@@+]45CC[C@@H](C[C@H]4[C@H](O)c4ccnc6ccc(OC)cc46)[C@@H](C=C)C5)c4ccccc34)CC[C@H]1C[C@H]2[C@H](O)c1ccnc2ccc(OC)cc12. The van der Waals surface area contributed by atoms with E-state index in [2.05, 4.69) is 83.8 Å². The van der Waals surface area contributed by atoms with Crippen LogP contribution in [0.3, 0.4) is 0 Å². The van der Waals surface area contributed by atoms with Gasteiger partial charge in [-0.1, -0.05) is 60.7 Å². The number of quaternary nitrogens is 2. The molecule has 8 heterocycles. The molecule has 0 unspecified atom stereocenters. The van der Waals surface area contributed by atoms with Crippen LogP contribution in [0.1, 0.15) is 60.1 Å². The third kappa shape index (κ3) is 6.55. The molecule has 2 N–H and O–H groups in total. The molecular formula is C56H60N4O4+2. The normalized spacial score (nSPS) is 28.4. The molecule has 8 heteroatoms. The van der Waals surface area contributed by atoms with Gasteiger partial charge in [-0.15, -0.1) is 13.2 Å². The average molecular weight is 853 g/mol. The number of aromatic nitrogens is 2. The second-order valence-electron chi connectivity index (χ2n) is 19.6. The van der Waals surface area contributed by atoms with Crippen molar-refractivity contribution >= 4 is 43.4 Å².